The molecule has 0 fully saturated rings. The standard InChI is InChI=1S/C17H17N3O3S/c1-11(2)12-7-3-5-9-14(12)18-17(24)19-16(21)13-8-4-6-10-15(13)20(22)23/h3-11H,1-2H3,(H2,18,19,21,24). The Bertz CT molecular complexity index is 790. The number of para-hydroxylation sites is 2. The summed E-state index contributed by atoms with van der Waals surface area (Å²) in [5.41, 5.74) is 1.55. The van der Waals surface area contributed by atoms with Gasteiger partial charge in [0, 0.05) is 11.8 Å². The van der Waals surface area contributed by atoms with E-state index < -0.39 is 10.8 Å². The second kappa shape index (κ2) is 7.65. The molecule has 0 bridgehead atoms. The molecule has 0 radical (unpaired) electrons. The maximum Gasteiger partial charge on any atom is 0.282 e. The molecule has 6 nitrogen and oxygen atoms in total. The summed E-state index contributed by atoms with van der Waals surface area (Å²) in [4.78, 5) is 22.6. The predicted molar refractivity (Wildman–Crippen MR) is 97.3 cm³/mol. The summed E-state index contributed by atoms with van der Waals surface area (Å²) in [5.74, 6) is -0.343. The van der Waals surface area contributed by atoms with Gasteiger partial charge in [0.15, 0.2) is 5.11 Å². The molecular formula is C17H17N3O3S. The van der Waals surface area contributed by atoms with Crippen LogP contribution in [0.3, 0.4) is 0 Å². The number of anilines is 1. The average molecular weight is 343 g/mol. The van der Waals surface area contributed by atoms with Crippen molar-refractivity contribution in [3.8, 4) is 0 Å². The molecule has 0 saturated heterocycles. The van der Waals surface area contributed by atoms with Gasteiger partial charge in [-0.25, -0.2) is 0 Å². The van der Waals surface area contributed by atoms with E-state index in [0.29, 0.717) is 0 Å². The number of benzene rings is 2. The largest absolute Gasteiger partial charge is 0.332 e. The van der Waals surface area contributed by atoms with Crippen LogP contribution in [0.5, 0.6) is 0 Å². The van der Waals surface area contributed by atoms with E-state index in [4.69, 9.17) is 12.2 Å². The van der Waals surface area contributed by atoms with Crippen LogP contribution in [0, 0.1) is 10.1 Å². The molecule has 124 valence electrons. The first-order valence-corrected chi connectivity index (χ1v) is 7.75. The minimum absolute atomic E-state index is 0.0382. The van der Waals surface area contributed by atoms with Crippen LogP contribution < -0.4 is 10.6 Å². The van der Waals surface area contributed by atoms with E-state index in [0.717, 1.165) is 11.3 Å². The summed E-state index contributed by atoms with van der Waals surface area (Å²) in [5, 5.41) is 16.5. The molecule has 0 spiro atoms. The van der Waals surface area contributed by atoms with Crippen LogP contribution in [-0.4, -0.2) is 15.9 Å². The molecule has 0 saturated carbocycles. The first-order valence-electron chi connectivity index (χ1n) is 7.35. The maximum atomic E-state index is 12.2. The van der Waals surface area contributed by atoms with Crippen molar-refractivity contribution in [3.63, 3.8) is 0 Å². The fourth-order valence-electron chi connectivity index (χ4n) is 2.26. The molecule has 0 aliphatic carbocycles. The lowest BCUT2D eigenvalue weighted by Crippen LogP contribution is -2.34. The molecule has 0 unspecified atom stereocenters. The van der Waals surface area contributed by atoms with E-state index >= 15 is 0 Å². The Balaban J connectivity index is 2.14. The molecule has 2 rings (SSSR count). The number of rotatable bonds is 4. The monoisotopic (exact) mass is 343 g/mol. The van der Waals surface area contributed by atoms with Crippen molar-refractivity contribution in [2.24, 2.45) is 0 Å². The molecule has 0 aliphatic rings. The third-order valence-corrected chi connectivity index (χ3v) is 3.61. The molecule has 0 aliphatic heterocycles. The van der Waals surface area contributed by atoms with Crippen LogP contribution >= 0.6 is 12.2 Å². The summed E-state index contributed by atoms with van der Waals surface area (Å²) < 4.78 is 0. The van der Waals surface area contributed by atoms with Crippen molar-refractivity contribution in [2.75, 3.05) is 5.32 Å². The van der Waals surface area contributed by atoms with Crippen LogP contribution in [0.4, 0.5) is 11.4 Å². The second-order valence-electron chi connectivity index (χ2n) is 5.42. The number of nitro benzene ring substituents is 1. The third-order valence-electron chi connectivity index (χ3n) is 3.40. The predicted octanol–water partition coefficient (Wildman–Crippen LogP) is 3.85. The number of carbonyl (C=O) groups excluding carboxylic acids is 1. The van der Waals surface area contributed by atoms with Crippen molar-refractivity contribution in [1.29, 1.82) is 0 Å². The van der Waals surface area contributed by atoms with E-state index in [1.54, 1.807) is 6.07 Å². The lowest BCUT2D eigenvalue weighted by atomic mass is 10.0. The quantitative estimate of drug-likeness (QED) is 0.500. The van der Waals surface area contributed by atoms with Gasteiger partial charge in [-0.3, -0.25) is 20.2 Å². The second-order valence-corrected chi connectivity index (χ2v) is 5.83. The van der Waals surface area contributed by atoms with Gasteiger partial charge < -0.3 is 5.32 Å². The van der Waals surface area contributed by atoms with Crippen molar-refractivity contribution < 1.29 is 9.72 Å². The number of nitrogens with one attached hydrogen (secondary N) is 2. The highest BCUT2D eigenvalue weighted by atomic mass is 32.1. The normalized spacial score (nSPS) is 10.3. The fraction of sp³-hybridized carbons (Fsp3) is 0.176. The Morgan fingerprint density at radius 1 is 1.12 bits per heavy atom. The smallest absolute Gasteiger partial charge is 0.282 e. The Morgan fingerprint density at radius 3 is 2.42 bits per heavy atom. The summed E-state index contributed by atoms with van der Waals surface area (Å²) in [6.45, 7) is 4.10. The molecule has 2 aromatic carbocycles. The molecule has 0 atom stereocenters. The Labute approximate surface area is 145 Å². The molecular weight excluding hydrogens is 326 g/mol. The molecule has 7 heteroatoms. The first kappa shape index (κ1) is 17.6. The number of amides is 1. The highest BCUT2D eigenvalue weighted by Crippen LogP contribution is 2.23. The van der Waals surface area contributed by atoms with E-state index in [1.807, 2.05) is 24.3 Å². The number of carbonyl (C=O) groups is 1. The van der Waals surface area contributed by atoms with Crippen LogP contribution in [0.15, 0.2) is 48.5 Å². The SMILES string of the molecule is CC(C)c1ccccc1NC(=S)NC(=O)c1ccccc1[N+](=O)[O-]. The number of hydrogen-bond donors (Lipinski definition) is 2. The zero-order valence-corrected chi connectivity index (χ0v) is 14.1. The summed E-state index contributed by atoms with van der Waals surface area (Å²) in [6, 6.07) is 13.4. The van der Waals surface area contributed by atoms with E-state index in [2.05, 4.69) is 24.5 Å². The molecule has 2 aromatic rings. The number of hydrogen-bond acceptors (Lipinski definition) is 4. The van der Waals surface area contributed by atoms with Crippen molar-refractivity contribution in [2.45, 2.75) is 19.8 Å². The van der Waals surface area contributed by atoms with Gasteiger partial charge in [-0.15, -0.1) is 0 Å². The van der Waals surface area contributed by atoms with Crippen LogP contribution in [0.2, 0.25) is 0 Å². The molecule has 1 amide bonds. The van der Waals surface area contributed by atoms with Gasteiger partial charge in [-0.05, 0) is 35.8 Å². The first-order chi connectivity index (χ1) is 11.4. The van der Waals surface area contributed by atoms with Gasteiger partial charge in [-0.1, -0.05) is 44.2 Å². The van der Waals surface area contributed by atoms with Gasteiger partial charge in [0.2, 0.25) is 0 Å². The Hall–Kier alpha value is -2.80. The summed E-state index contributed by atoms with van der Waals surface area (Å²) in [7, 11) is 0. The third kappa shape index (κ3) is 4.14. The van der Waals surface area contributed by atoms with Gasteiger partial charge in [0.25, 0.3) is 11.6 Å². The van der Waals surface area contributed by atoms with Gasteiger partial charge in [0.05, 0.1) is 4.92 Å². The van der Waals surface area contributed by atoms with Gasteiger partial charge in [0.1, 0.15) is 5.56 Å². The Morgan fingerprint density at radius 2 is 1.75 bits per heavy atom. The van der Waals surface area contributed by atoms with Crippen molar-refractivity contribution in [3.05, 3.63) is 69.8 Å². The zero-order chi connectivity index (χ0) is 17.7. The summed E-state index contributed by atoms with van der Waals surface area (Å²) >= 11 is 5.15. The van der Waals surface area contributed by atoms with Crippen LogP contribution in [0.25, 0.3) is 0 Å². The van der Waals surface area contributed by atoms with E-state index in [9.17, 15) is 14.9 Å². The van der Waals surface area contributed by atoms with E-state index in [-0.39, 0.29) is 22.3 Å². The average Bonchev–Trinajstić information content (AvgIpc) is 2.54. The van der Waals surface area contributed by atoms with Crippen LogP contribution in [-0.2, 0) is 0 Å². The highest BCUT2D eigenvalue weighted by Gasteiger charge is 2.20. The minimum atomic E-state index is -0.623. The van der Waals surface area contributed by atoms with Crippen molar-refractivity contribution >= 4 is 34.6 Å². The van der Waals surface area contributed by atoms with Crippen molar-refractivity contribution in [1.82, 2.24) is 5.32 Å². The number of thiocarbonyl (C=S) groups is 1. The lowest BCUT2D eigenvalue weighted by molar-refractivity contribution is -0.385. The number of nitro groups is 1. The highest BCUT2D eigenvalue weighted by molar-refractivity contribution is 7.80. The fourth-order valence-corrected chi connectivity index (χ4v) is 2.47. The van der Waals surface area contributed by atoms with Crippen LogP contribution in [0.1, 0.15) is 35.7 Å². The molecule has 24 heavy (non-hydrogen) atoms. The molecule has 0 heterocycles. The van der Waals surface area contributed by atoms with Gasteiger partial charge >= 0.3 is 0 Å². The number of nitrogens with zero attached hydrogens (tertiary/aromatic N) is 1. The maximum absolute atomic E-state index is 12.2. The molecule has 0 aromatic heterocycles. The minimum Gasteiger partial charge on any atom is -0.332 e. The summed E-state index contributed by atoms with van der Waals surface area (Å²) in [6.07, 6.45) is 0. The van der Waals surface area contributed by atoms with E-state index in [1.165, 1.54) is 18.2 Å². The zero-order valence-electron chi connectivity index (χ0n) is 13.3. The Kier molecular flexibility index (Phi) is 5.59. The van der Waals surface area contributed by atoms with Gasteiger partial charge in [-0.2, -0.15) is 0 Å². The lowest BCUT2D eigenvalue weighted by Gasteiger charge is -2.15. The topological polar surface area (TPSA) is 84.3 Å². The molecule has 2 N–H and O–H groups in total.